The van der Waals surface area contributed by atoms with E-state index in [9.17, 15) is 4.79 Å². The Morgan fingerprint density at radius 2 is 2.11 bits per heavy atom. The van der Waals surface area contributed by atoms with Crippen LogP contribution in [-0.4, -0.2) is 37.0 Å². The summed E-state index contributed by atoms with van der Waals surface area (Å²) in [5, 5.41) is 3.43. The van der Waals surface area contributed by atoms with Crippen LogP contribution in [0.15, 0.2) is 0 Å². The number of hydrogen-bond donors (Lipinski definition) is 1. The Kier molecular flexibility index (Phi) is 5.64. The molecule has 2 unspecified atom stereocenters. The van der Waals surface area contributed by atoms with Crippen molar-refractivity contribution in [1.29, 1.82) is 0 Å². The zero-order valence-corrected chi connectivity index (χ0v) is 12.8. The number of carbonyl (C=O) groups is 1. The topological polar surface area (TPSA) is 32.3 Å². The van der Waals surface area contributed by atoms with Gasteiger partial charge in [-0.1, -0.05) is 34.6 Å². The van der Waals surface area contributed by atoms with E-state index >= 15 is 0 Å². The number of nitrogens with zero attached hydrogens (tertiary/aromatic N) is 1. The fourth-order valence-electron chi connectivity index (χ4n) is 2.49. The fraction of sp³-hybridized carbons (Fsp3) is 0.933. The van der Waals surface area contributed by atoms with Gasteiger partial charge in [-0.25, -0.2) is 0 Å². The molecule has 0 aromatic heterocycles. The highest BCUT2D eigenvalue weighted by Gasteiger charge is 2.36. The molecule has 1 N–H and O–H groups in total. The highest BCUT2D eigenvalue weighted by atomic mass is 16.2. The van der Waals surface area contributed by atoms with E-state index < -0.39 is 0 Å². The molecule has 3 nitrogen and oxygen atoms in total. The smallest absolute Gasteiger partial charge is 0.222 e. The minimum Gasteiger partial charge on any atom is -0.342 e. The van der Waals surface area contributed by atoms with E-state index in [4.69, 9.17) is 0 Å². The molecule has 0 aromatic rings. The van der Waals surface area contributed by atoms with Crippen LogP contribution < -0.4 is 5.32 Å². The molecule has 1 heterocycles. The second-order valence-electron chi connectivity index (χ2n) is 6.88. The maximum absolute atomic E-state index is 12.0. The summed E-state index contributed by atoms with van der Waals surface area (Å²) in [6, 6.07) is 0. The van der Waals surface area contributed by atoms with Crippen molar-refractivity contribution in [3.8, 4) is 0 Å². The molecule has 2 atom stereocenters. The fourth-order valence-corrected chi connectivity index (χ4v) is 2.49. The molecule has 1 saturated heterocycles. The lowest BCUT2D eigenvalue weighted by molar-refractivity contribution is -0.128. The van der Waals surface area contributed by atoms with Crippen LogP contribution in [0.4, 0.5) is 0 Å². The summed E-state index contributed by atoms with van der Waals surface area (Å²) in [5.41, 5.74) is 0.244. The molecule has 0 saturated carbocycles. The molecule has 1 aliphatic heterocycles. The lowest BCUT2D eigenvalue weighted by Crippen LogP contribution is -2.35. The van der Waals surface area contributed by atoms with Crippen molar-refractivity contribution in [3.63, 3.8) is 0 Å². The molecule has 1 aliphatic rings. The van der Waals surface area contributed by atoms with Crippen LogP contribution in [0, 0.1) is 17.3 Å². The molecule has 3 heteroatoms. The van der Waals surface area contributed by atoms with Crippen LogP contribution in [0.1, 0.15) is 47.5 Å². The summed E-state index contributed by atoms with van der Waals surface area (Å²) >= 11 is 0. The third-order valence-electron chi connectivity index (χ3n) is 3.89. The first-order valence-corrected chi connectivity index (χ1v) is 7.33. The lowest BCUT2D eigenvalue weighted by Gasteiger charge is -2.27. The largest absolute Gasteiger partial charge is 0.342 e. The minimum absolute atomic E-state index is 0.244. The third kappa shape index (κ3) is 4.60. The van der Waals surface area contributed by atoms with Gasteiger partial charge in [-0.2, -0.15) is 0 Å². The van der Waals surface area contributed by atoms with Gasteiger partial charge in [0.05, 0.1) is 0 Å². The molecule has 0 bridgehead atoms. The zero-order chi connectivity index (χ0) is 13.8. The first-order chi connectivity index (χ1) is 8.34. The second kappa shape index (κ2) is 6.55. The number of nitrogens with one attached hydrogen (secondary N) is 1. The van der Waals surface area contributed by atoms with Gasteiger partial charge in [-0.3, -0.25) is 4.79 Å². The Bertz CT molecular complexity index is 270. The first kappa shape index (κ1) is 15.5. The van der Waals surface area contributed by atoms with Gasteiger partial charge < -0.3 is 10.2 Å². The van der Waals surface area contributed by atoms with Crippen LogP contribution in [0.5, 0.6) is 0 Å². The summed E-state index contributed by atoms with van der Waals surface area (Å²) < 4.78 is 0. The number of likely N-dealkylation sites (tertiary alicyclic amines) is 1. The van der Waals surface area contributed by atoms with Gasteiger partial charge in [0.25, 0.3) is 0 Å². The molecule has 0 spiro atoms. The van der Waals surface area contributed by atoms with Crippen molar-refractivity contribution in [2.45, 2.75) is 47.5 Å². The second-order valence-corrected chi connectivity index (χ2v) is 6.88. The summed E-state index contributed by atoms with van der Waals surface area (Å²) in [6.07, 6.45) is 1.90. The van der Waals surface area contributed by atoms with E-state index in [1.165, 1.54) is 6.42 Å². The van der Waals surface area contributed by atoms with E-state index in [0.29, 0.717) is 17.7 Å². The molecule has 18 heavy (non-hydrogen) atoms. The lowest BCUT2D eigenvalue weighted by atomic mass is 9.80. The molecule has 0 aromatic carbocycles. The van der Waals surface area contributed by atoms with Crippen LogP contribution in [0.2, 0.25) is 0 Å². The summed E-state index contributed by atoms with van der Waals surface area (Å²) in [5.74, 6) is 1.40. The normalized spacial score (nSPS) is 22.6. The Labute approximate surface area is 112 Å². The molecule has 0 aliphatic carbocycles. The summed E-state index contributed by atoms with van der Waals surface area (Å²) in [7, 11) is 0. The number of carbonyl (C=O) groups excluding carboxylic acids is 1. The third-order valence-corrected chi connectivity index (χ3v) is 3.89. The molecule has 106 valence electrons. The van der Waals surface area contributed by atoms with Crippen molar-refractivity contribution in [1.82, 2.24) is 10.2 Å². The Morgan fingerprint density at radius 1 is 1.44 bits per heavy atom. The van der Waals surface area contributed by atoms with Gasteiger partial charge >= 0.3 is 0 Å². The molecule has 1 amide bonds. The van der Waals surface area contributed by atoms with E-state index in [1.54, 1.807) is 0 Å². The molecule has 1 fully saturated rings. The maximum atomic E-state index is 12.0. The zero-order valence-electron chi connectivity index (χ0n) is 12.8. The summed E-state index contributed by atoms with van der Waals surface area (Å²) in [4.78, 5) is 14.1. The van der Waals surface area contributed by atoms with Gasteiger partial charge in [0.2, 0.25) is 5.91 Å². The van der Waals surface area contributed by atoms with Gasteiger partial charge in [-0.05, 0) is 36.8 Å². The van der Waals surface area contributed by atoms with Crippen molar-refractivity contribution < 1.29 is 4.79 Å². The Balaban J connectivity index is 2.37. The standard InChI is InChI=1S/C15H30N2O/c1-6-7-16-9-12(2)10-17-11-13(8-14(17)18)15(3,4)5/h12-13,16H,6-11H2,1-5H3. The average Bonchev–Trinajstić information content (AvgIpc) is 2.60. The van der Waals surface area contributed by atoms with Crippen LogP contribution in [0.25, 0.3) is 0 Å². The van der Waals surface area contributed by atoms with Crippen LogP contribution in [0.3, 0.4) is 0 Å². The molecular weight excluding hydrogens is 224 g/mol. The Hall–Kier alpha value is -0.570. The van der Waals surface area contributed by atoms with Gasteiger partial charge in [-0.15, -0.1) is 0 Å². The van der Waals surface area contributed by atoms with Gasteiger partial charge in [0, 0.05) is 19.5 Å². The Morgan fingerprint density at radius 3 is 2.61 bits per heavy atom. The highest BCUT2D eigenvalue weighted by molar-refractivity contribution is 5.78. The first-order valence-electron chi connectivity index (χ1n) is 7.33. The van der Waals surface area contributed by atoms with Crippen molar-refractivity contribution in [2.75, 3.05) is 26.2 Å². The van der Waals surface area contributed by atoms with Crippen molar-refractivity contribution in [3.05, 3.63) is 0 Å². The van der Waals surface area contributed by atoms with Crippen LogP contribution in [-0.2, 0) is 4.79 Å². The number of amides is 1. The van der Waals surface area contributed by atoms with Crippen molar-refractivity contribution >= 4 is 5.91 Å². The van der Waals surface area contributed by atoms with Crippen LogP contribution >= 0.6 is 0 Å². The van der Waals surface area contributed by atoms with Gasteiger partial charge in [0.15, 0.2) is 0 Å². The molecule has 1 rings (SSSR count). The summed E-state index contributed by atoms with van der Waals surface area (Å²) in [6.45, 7) is 15.0. The predicted molar refractivity (Wildman–Crippen MR) is 76.5 cm³/mol. The SMILES string of the molecule is CCCNCC(C)CN1CC(C(C)(C)C)CC1=O. The van der Waals surface area contributed by atoms with E-state index in [0.717, 1.165) is 32.6 Å². The average molecular weight is 254 g/mol. The predicted octanol–water partition coefficient (Wildman–Crippen LogP) is 2.52. The van der Waals surface area contributed by atoms with Crippen molar-refractivity contribution in [2.24, 2.45) is 17.3 Å². The number of rotatable bonds is 6. The van der Waals surface area contributed by atoms with E-state index in [-0.39, 0.29) is 5.41 Å². The highest BCUT2D eigenvalue weighted by Crippen LogP contribution is 2.34. The van der Waals surface area contributed by atoms with E-state index in [2.05, 4.69) is 44.8 Å². The monoisotopic (exact) mass is 254 g/mol. The quantitative estimate of drug-likeness (QED) is 0.739. The maximum Gasteiger partial charge on any atom is 0.222 e. The van der Waals surface area contributed by atoms with E-state index in [1.807, 2.05) is 0 Å². The molecule has 0 radical (unpaired) electrons. The minimum atomic E-state index is 0.244. The van der Waals surface area contributed by atoms with Gasteiger partial charge in [0.1, 0.15) is 0 Å². The molecular formula is C15H30N2O. The number of hydrogen-bond acceptors (Lipinski definition) is 2.